The number of nitrogens with one attached hydrogen (secondary N) is 1. The Balaban J connectivity index is 1.06. The van der Waals surface area contributed by atoms with Crippen LogP contribution in [0.15, 0.2) is 70.5 Å². The van der Waals surface area contributed by atoms with Gasteiger partial charge in [0.2, 0.25) is 11.8 Å². The maximum absolute atomic E-state index is 16.4. The van der Waals surface area contributed by atoms with E-state index in [9.17, 15) is 19.2 Å². The van der Waals surface area contributed by atoms with Gasteiger partial charge in [-0.2, -0.15) is 8.78 Å². The van der Waals surface area contributed by atoms with Crippen LogP contribution in [0.4, 0.5) is 19.0 Å². The predicted molar refractivity (Wildman–Crippen MR) is 214 cm³/mol. The summed E-state index contributed by atoms with van der Waals surface area (Å²) >= 11 is 0. The number of imidazole rings is 1. The van der Waals surface area contributed by atoms with Crippen LogP contribution in [0.5, 0.6) is 11.5 Å². The molecule has 9 rings (SSSR count). The van der Waals surface area contributed by atoms with Crippen molar-refractivity contribution >= 4 is 39.4 Å². The van der Waals surface area contributed by atoms with Crippen LogP contribution in [0.3, 0.4) is 0 Å². The van der Waals surface area contributed by atoms with E-state index in [-0.39, 0.29) is 42.6 Å². The second-order valence-electron chi connectivity index (χ2n) is 15.4. The van der Waals surface area contributed by atoms with E-state index in [0.29, 0.717) is 50.0 Å². The topological polar surface area (TPSA) is 133 Å². The van der Waals surface area contributed by atoms with Crippen molar-refractivity contribution in [3.05, 3.63) is 104 Å². The molecule has 2 saturated heterocycles. The number of hydrogen-bond donors (Lipinski definition) is 1. The van der Waals surface area contributed by atoms with E-state index in [4.69, 9.17) is 9.47 Å². The lowest BCUT2D eigenvalue weighted by Gasteiger charge is -2.35. The Kier molecular flexibility index (Phi) is 9.14. The van der Waals surface area contributed by atoms with Crippen LogP contribution in [0, 0.1) is 5.82 Å². The van der Waals surface area contributed by atoms with E-state index in [2.05, 4.69) is 15.2 Å². The minimum absolute atomic E-state index is 0.0536. The third-order valence-corrected chi connectivity index (χ3v) is 11.9. The molecule has 2 fully saturated rings. The van der Waals surface area contributed by atoms with Gasteiger partial charge in [0.1, 0.15) is 29.2 Å². The molecule has 1 N–H and O–H groups in total. The molecule has 304 valence electrons. The van der Waals surface area contributed by atoms with Gasteiger partial charge in [-0.3, -0.25) is 33.7 Å². The summed E-state index contributed by atoms with van der Waals surface area (Å²) in [5.74, 6) is -3.86. The third-order valence-electron chi connectivity index (χ3n) is 11.9. The molecule has 3 aromatic carbocycles. The summed E-state index contributed by atoms with van der Waals surface area (Å²) in [6, 6.07) is 11.9. The van der Waals surface area contributed by atoms with Gasteiger partial charge in [0.05, 0.1) is 42.7 Å². The molecular formula is C43H40F3N7O6. The number of halogens is 3. The van der Waals surface area contributed by atoms with E-state index < -0.39 is 47.4 Å². The van der Waals surface area contributed by atoms with Crippen molar-refractivity contribution < 1.29 is 32.2 Å². The second kappa shape index (κ2) is 14.1. The number of carbonyl (C=O) groups excluding carboxylic acids is 2. The Bertz CT molecular complexity index is 2850. The number of fused-ring (bicyclic) bond motifs is 3. The first-order valence-electron chi connectivity index (χ1n) is 19.2. The van der Waals surface area contributed by atoms with Crippen LogP contribution in [-0.2, 0) is 42.7 Å². The highest BCUT2D eigenvalue weighted by atomic mass is 19.3. The van der Waals surface area contributed by atoms with Crippen molar-refractivity contribution in [2.45, 2.75) is 44.3 Å². The number of aryl methyl sites for hydroxylation is 2. The van der Waals surface area contributed by atoms with Crippen molar-refractivity contribution in [2.75, 3.05) is 38.8 Å². The average Bonchev–Trinajstić information content (AvgIpc) is 3.44. The first kappa shape index (κ1) is 38.1. The Morgan fingerprint density at radius 1 is 0.932 bits per heavy atom. The number of pyridine rings is 2. The monoisotopic (exact) mass is 807 g/mol. The van der Waals surface area contributed by atoms with E-state index in [1.807, 2.05) is 6.07 Å². The maximum Gasteiger partial charge on any atom is 0.329 e. The van der Waals surface area contributed by atoms with Gasteiger partial charge in [-0.25, -0.2) is 14.2 Å². The number of amides is 2. The Morgan fingerprint density at radius 2 is 1.66 bits per heavy atom. The number of carbonyl (C=O) groups is 2. The van der Waals surface area contributed by atoms with Gasteiger partial charge < -0.3 is 18.9 Å². The molecule has 1 unspecified atom stereocenters. The fraction of sp³-hybridized carbons (Fsp3) is 0.326. The first-order chi connectivity index (χ1) is 28.3. The van der Waals surface area contributed by atoms with Gasteiger partial charge >= 0.3 is 5.69 Å². The van der Waals surface area contributed by atoms with Crippen LogP contribution in [0.2, 0.25) is 0 Å². The molecule has 1 atom stereocenters. The lowest BCUT2D eigenvalue weighted by atomic mass is 9.90. The Labute approximate surface area is 335 Å². The molecule has 59 heavy (non-hydrogen) atoms. The maximum atomic E-state index is 16.4. The van der Waals surface area contributed by atoms with Gasteiger partial charge in [0.15, 0.2) is 0 Å². The summed E-state index contributed by atoms with van der Waals surface area (Å²) in [5.41, 5.74) is 1.72. The van der Waals surface area contributed by atoms with Gasteiger partial charge in [0.25, 0.3) is 11.5 Å². The number of imide groups is 1. The van der Waals surface area contributed by atoms with Crippen molar-refractivity contribution in [1.82, 2.24) is 28.9 Å². The summed E-state index contributed by atoms with van der Waals surface area (Å²) in [6.45, 7) is 0.819. The number of ether oxygens (including phenoxy) is 2. The van der Waals surface area contributed by atoms with Crippen LogP contribution in [-0.4, -0.2) is 69.3 Å². The Morgan fingerprint density at radius 3 is 2.34 bits per heavy atom. The fourth-order valence-electron chi connectivity index (χ4n) is 8.75. The van der Waals surface area contributed by atoms with Crippen LogP contribution < -0.4 is 30.9 Å². The number of aromatic nitrogens is 4. The van der Waals surface area contributed by atoms with Gasteiger partial charge in [-0.1, -0.05) is 12.1 Å². The molecule has 3 aliphatic heterocycles. The highest BCUT2D eigenvalue weighted by molar-refractivity contribution is 6.01. The number of alkyl halides is 2. The average molecular weight is 808 g/mol. The molecule has 6 heterocycles. The van der Waals surface area contributed by atoms with Crippen LogP contribution >= 0.6 is 0 Å². The molecule has 0 radical (unpaired) electrons. The Hall–Kier alpha value is -6.42. The van der Waals surface area contributed by atoms with Crippen molar-refractivity contribution in [1.29, 1.82) is 0 Å². The lowest BCUT2D eigenvalue weighted by Crippen LogP contribution is -2.44. The molecule has 0 bridgehead atoms. The first-order valence-corrected chi connectivity index (χ1v) is 19.2. The molecule has 6 aromatic rings. The largest absolute Gasteiger partial charge is 0.496 e. The zero-order chi connectivity index (χ0) is 41.5. The molecular weight excluding hydrogens is 768 g/mol. The van der Waals surface area contributed by atoms with Gasteiger partial charge in [-0.15, -0.1) is 0 Å². The number of nitrogens with zero attached hydrogens (tertiary/aromatic N) is 6. The molecule has 0 spiro atoms. The number of benzene rings is 3. The molecule has 2 amide bonds. The minimum atomic E-state index is -3.49. The number of rotatable bonds is 8. The molecule has 3 aromatic heterocycles. The van der Waals surface area contributed by atoms with Crippen molar-refractivity contribution in [3.63, 3.8) is 0 Å². The van der Waals surface area contributed by atoms with Crippen LogP contribution in [0.1, 0.15) is 42.0 Å². The highest BCUT2D eigenvalue weighted by Gasteiger charge is 2.42. The summed E-state index contributed by atoms with van der Waals surface area (Å²) in [7, 11) is 6.11. The number of hydrogen-bond acceptors (Lipinski definition) is 9. The molecule has 13 nitrogen and oxygen atoms in total. The summed E-state index contributed by atoms with van der Waals surface area (Å²) in [5, 5.41) is 3.42. The van der Waals surface area contributed by atoms with Gasteiger partial charge in [0, 0.05) is 86.7 Å². The minimum Gasteiger partial charge on any atom is -0.496 e. The standard InChI is InChI=1S/C43H40F3N7O6/c1-49-19-28(26-17-37(52-11-6-12-52)47-18-27(26)41(49)56)24-15-35(58-3)30(36(16-24)59-4)21-51-20-29-31(43(45,46)22-51)13-23(14-32(29)44)25-7-5-8-33-39(25)50(2)42(57)53(33)34-9-10-38(54)48-40(34)55/h5,7-8,13-19,34H,6,9-12,20-22H2,1-4H3,(H,48,54,55). The fourth-order valence-corrected chi connectivity index (χ4v) is 8.75. The SMILES string of the molecule is COc1cc(-c2cn(C)c(=O)c3cnc(N4CCC4)cc23)cc(OC)c1CN1Cc2c(F)cc(-c3cccc4c3n(C)c(=O)n4C3CCC(=O)NC3=O)cc2C(F)(F)C1. The molecule has 16 heteroatoms. The number of methoxy groups -OCH3 is 2. The third kappa shape index (κ3) is 6.24. The molecule has 0 saturated carbocycles. The smallest absolute Gasteiger partial charge is 0.329 e. The number of piperidine rings is 1. The second-order valence-corrected chi connectivity index (χ2v) is 15.4. The number of anilines is 1. The summed E-state index contributed by atoms with van der Waals surface area (Å²) in [4.78, 5) is 59.4. The summed E-state index contributed by atoms with van der Waals surface area (Å²) < 4.78 is 64.7. The normalized spacial score (nSPS) is 17.9. The molecule has 0 aliphatic carbocycles. The van der Waals surface area contributed by atoms with E-state index in [1.165, 1.54) is 52.0 Å². The number of para-hydroxylation sites is 1. The van der Waals surface area contributed by atoms with Gasteiger partial charge in [-0.05, 0) is 60.4 Å². The summed E-state index contributed by atoms with van der Waals surface area (Å²) in [6.07, 6.45) is 4.57. The van der Waals surface area contributed by atoms with E-state index >= 15 is 13.2 Å². The van der Waals surface area contributed by atoms with Crippen molar-refractivity contribution in [3.8, 4) is 33.8 Å². The quantitative estimate of drug-likeness (QED) is 0.202. The van der Waals surface area contributed by atoms with Crippen molar-refractivity contribution in [2.24, 2.45) is 14.1 Å². The predicted octanol–water partition coefficient (Wildman–Crippen LogP) is 5.37. The zero-order valence-electron chi connectivity index (χ0n) is 32.8. The van der Waals surface area contributed by atoms with Crippen LogP contribution in [0.25, 0.3) is 44.1 Å². The highest BCUT2D eigenvalue weighted by Crippen LogP contribution is 2.44. The zero-order valence-corrected chi connectivity index (χ0v) is 32.8. The van der Waals surface area contributed by atoms with E-state index in [1.54, 1.807) is 49.8 Å². The molecule has 3 aliphatic rings. The van der Waals surface area contributed by atoms with E-state index in [0.717, 1.165) is 30.9 Å². The lowest BCUT2D eigenvalue weighted by molar-refractivity contribution is -0.135.